The molecule has 0 heterocycles. The second kappa shape index (κ2) is 13.3. The molecule has 3 nitrogen and oxygen atoms in total. The molecule has 1 rings (SSSR count). The SMILES string of the molecule is CCC(=O)O.CO.c1ccccc1. The van der Waals surface area contributed by atoms with Crippen molar-refractivity contribution >= 4 is 5.97 Å². The number of carboxylic acid groups (broad SMARTS) is 1. The number of aliphatic carboxylic acids is 1. The van der Waals surface area contributed by atoms with Crippen molar-refractivity contribution in [3.8, 4) is 0 Å². The van der Waals surface area contributed by atoms with Gasteiger partial charge in [-0.15, -0.1) is 0 Å². The predicted molar refractivity (Wildman–Crippen MR) is 52.5 cm³/mol. The standard InChI is InChI=1S/C6H6.C3H6O2.CH4O/c1-2-4-6-5-3-1;1-2-3(4)5;1-2/h1-6H;2H2,1H3,(H,4,5);2H,1H3. The Morgan fingerprint density at radius 3 is 1.23 bits per heavy atom. The van der Waals surface area contributed by atoms with Crippen LogP contribution < -0.4 is 0 Å². The molecule has 13 heavy (non-hydrogen) atoms. The van der Waals surface area contributed by atoms with E-state index < -0.39 is 5.97 Å². The maximum absolute atomic E-state index is 9.37. The van der Waals surface area contributed by atoms with E-state index in [-0.39, 0.29) is 6.42 Å². The van der Waals surface area contributed by atoms with E-state index in [2.05, 4.69) is 0 Å². The minimum Gasteiger partial charge on any atom is -0.481 e. The van der Waals surface area contributed by atoms with Gasteiger partial charge in [-0.25, -0.2) is 0 Å². The van der Waals surface area contributed by atoms with Crippen molar-refractivity contribution in [2.75, 3.05) is 7.11 Å². The van der Waals surface area contributed by atoms with Gasteiger partial charge in [-0.1, -0.05) is 43.3 Å². The first kappa shape index (κ1) is 14.2. The highest BCUT2D eigenvalue weighted by molar-refractivity contribution is 5.66. The summed E-state index contributed by atoms with van der Waals surface area (Å²) in [5, 5.41) is 14.7. The fourth-order valence-electron chi connectivity index (χ4n) is 0.385. The molecule has 0 aliphatic rings. The van der Waals surface area contributed by atoms with Gasteiger partial charge in [0.25, 0.3) is 0 Å². The third-order valence-electron chi connectivity index (χ3n) is 0.969. The Bertz CT molecular complexity index is 158. The zero-order valence-electron chi connectivity index (χ0n) is 7.97. The average Bonchev–Trinajstić information content (AvgIpc) is 2.24. The average molecular weight is 184 g/mol. The molecule has 1 aromatic rings. The van der Waals surface area contributed by atoms with E-state index in [1.54, 1.807) is 6.92 Å². The Hall–Kier alpha value is -1.35. The van der Waals surface area contributed by atoms with E-state index in [1.165, 1.54) is 0 Å². The predicted octanol–water partition coefficient (Wildman–Crippen LogP) is 1.78. The molecule has 0 bridgehead atoms. The molecule has 0 aliphatic carbocycles. The van der Waals surface area contributed by atoms with Crippen LogP contribution in [0, 0.1) is 0 Å². The van der Waals surface area contributed by atoms with Crippen LogP contribution in [0.1, 0.15) is 13.3 Å². The van der Waals surface area contributed by atoms with Crippen LogP contribution in [-0.2, 0) is 4.79 Å². The van der Waals surface area contributed by atoms with Gasteiger partial charge in [-0.2, -0.15) is 0 Å². The van der Waals surface area contributed by atoms with Gasteiger partial charge in [-0.3, -0.25) is 4.79 Å². The minimum absolute atomic E-state index is 0.222. The quantitative estimate of drug-likeness (QED) is 0.699. The van der Waals surface area contributed by atoms with E-state index in [0.717, 1.165) is 7.11 Å². The molecule has 0 amide bonds. The molecule has 0 spiro atoms. The lowest BCUT2D eigenvalue weighted by molar-refractivity contribution is -0.136. The highest BCUT2D eigenvalue weighted by atomic mass is 16.4. The van der Waals surface area contributed by atoms with Crippen LogP contribution in [0.15, 0.2) is 36.4 Å². The molecule has 0 fully saturated rings. The summed E-state index contributed by atoms with van der Waals surface area (Å²) in [6.07, 6.45) is 0.222. The van der Waals surface area contributed by atoms with E-state index in [1.807, 2.05) is 36.4 Å². The van der Waals surface area contributed by atoms with Gasteiger partial charge < -0.3 is 10.2 Å². The summed E-state index contributed by atoms with van der Waals surface area (Å²) >= 11 is 0. The summed E-state index contributed by atoms with van der Waals surface area (Å²) in [7, 11) is 1.00. The van der Waals surface area contributed by atoms with Gasteiger partial charge in [0.05, 0.1) is 0 Å². The topological polar surface area (TPSA) is 57.5 Å². The molecule has 0 saturated heterocycles. The zero-order valence-corrected chi connectivity index (χ0v) is 7.97. The summed E-state index contributed by atoms with van der Waals surface area (Å²) in [5.41, 5.74) is 0. The molecule has 1 aromatic carbocycles. The van der Waals surface area contributed by atoms with Crippen LogP contribution in [0.2, 0.25) is 0 Å². The molecule has 0 radical (unpaired) electrons. The Balaban J connectivity index is 0. The van der Waals surface area contributed by atoms with Crippen LogP contribution in [0.25, 0.3) is 0 Å². The molecule has 0 unspecified atom stereocenters. The van der Waals surface area contributed by atoms with E-state index in [9.17, 15) is 4.79 Å². The number of benzene rings is 1. The summed E-state index contributed by atoms with van der Waals surface area (Å²) in [6, 6.07) is 12.0. The van der Waals surface area contributed by atoms with Crippen molar-refractivity contribution in [3.63, 3.8) is 0 Å². The third-order valence-corrected chi connectivity index (χ3v) is 0.969. The number of aliphatic hydroxyl groups excluding tert-OH is 1. The lowest BCUT2D eigenvalue weighted by Gasteiger charge is -1.71. The largest absolute Gasteiger partial charge is 0.481 e. The Kier molecular flexibility index (Phi) is 14.5. The molecule has 0 saturated carbocycles. The number of rotatable bonds is 1. The van der Waals surface area contributed by atoms with Crippen LogP contribution in [0.5, 0.6) is 0 Å². The molecule has 3 heteroatoms. The molecule has 0 aliphatic heterocycles. The number of carbonyl (C=O) groups is 1. The van der Waals surface area contributed by atoms with Crippen molar-refractivity contribution < 1.29 is 15.0 Å². The second-order valence-electron chi connectivity index (χ2n) is 1.90. The van der Waals surface area contributed by atoms with E-state index in [0.29, 0.717) is 0 Å². The molecular weight excluding hydrogens is 168 g/mol. The van der Waals surface area contributed by atoms with Gasteiger partial charge >= 0.3 is 5.97 Å². The monoisotopic (exact) mass is 184 g/mol. The Morgan fingerprint density at radius 1 is 1.00 bits per heavy atom. The smallest absolute Gasteiger partial charge is 0.303 e. The number of aliphatic hydroxyl groups is 1. The summed E-state index contributed by atoms with van der Waals surface area (Å²) in [5.74, 6) is -0.745. The van der Waals surface area contributed by atoms with Gasteiger partial charge in [0.2, 0.25) is 0 Å². The van der Waals surface area contributed by atoms with E-state index in [4.69, 9.17) is 10.2 Å². The zero-order chi connectivity index (χ0) is 10.5. The Morgan fingerprint density at radius 2 is 1.15 bits per heavy atom. The number of hydrogen-bond acceptors (Lipinski definition) is 2. The van der Waals surface area contributed by atoms with Gasteiger partial charge in [0, 0.05) is 13.5 Å². The fourth-order valence-corrected chi connectivity index (χ4v) is 0.385. The summed E-state index contributed by atoms with van der Waals surface area (Å²) in [4.78, 5) is 9.37. The van der Waals surface area contributed by atoms with Crippen molar-refractivity contribution in [2.45, 2.75) is 13.3 Å². The lowest BCUT2D eigenvalue weighted by atomic mass is 10.4. The summed E-state index contributed by atoms with van der Waals surface area (Å²) in [6.45, 7) is 1.60. The Labute approximate surface area is 78.7 Å². The third kappa shape index (κ3) is 18.0. The van der Waals surface area contributed by atoms with Gasteiger partial charge in [0.15, 0.2) is 0 Å². The minimum atomic E-state index is -0.745. The van der Waals surface area contributed by atoms with Crippen molar-refractivity contribution in [2.24, 2.45) is 0 Å². The normalized spacial score (nSPS) is 7.00. The highest BCUT2D eigenvalue weighted by Gasteiger charge is 1.80. The fraction of sp³-hybridized carbons (Fsp3) is 0.300. The molecule has 74 valence electrons. The summed E-state index contributed by atoms with van der Waals surface area (Å²) < 4.78 is 0. The van der Waals surface area contributed by atoms with Crippen LogP contribution in [0.4, 0.5) is 0 Å². The van der Waals surface area contributed by atoms with E-state index >= 15 is 0 Å². The van der Waals surface area contributed by atoms with Crippen molar-refractivity contribution in [1.82, 2.24) is 0 Å². The number of carboxylic acids is 1. The first-order chi connectivity index (χ1) is 6.27. The van der Waals surface area contributed by atoms with Gasteiger partial charge in [-0.05, 0) is 0 Å². The van der Waals surface area contributed by atoms with Gasteiger partial charge in [0.1, 0.15) is 0 Å². The maximum Gasteiger partial charge on any atom is 0.303 e. The van der Waals surface area contributed by atoms with Crippen LogP contribution >= 0.6 is 0 Å². The molecular formula is C10H16O3. The first-order valence-corrected chi connectivity index (χ1v) is 3.94. The molecule has 2 N–H and O–H groups in total. The maximum atomic E-state index is 9.37. The molecule has 0 atom stereocenters. The lowest BCUT2D eigenvalue weighted by Crippen LogP contribution is -1.86. The van der Waals surface area contributed by atoms with Crippen LogP contribution in [-0.4, -0.2) is 23.3 Å². The second-order valence-corrected chi connectivity index (χ2v) is 1.90. The highest BCUT2D eigenvalue weighted by Crippen LogP contribution is 1.79. The van der Waals surface area contributed by atoms with Crippen molar-refractivity contribution in [3.05, 3.63) is 36.4 Å². The molecule has 0 aromatic heterocycles. The van der Waals surface area contributed by atoms with Crippen LogP contribution in [0.3, 0.4) is 0 Å². The number of hydrogen-bond donors (Lipinski definition) is 2. The first-order valence-electron chi connectivity index (χ1n) is 3.94. The van der Waals surface area contributed by atoms with Crippen molar-refractivity contribution in [1.29, 1.82) is 0 Å².